The van der Waals surface area contributed by atoms with Crippen LogP contribution in [0.1, 0.15) is 27.1 Å². The molecule has 1 fully saturated rings. The second-order valence-electron chi connectivity index (χ2n) is 10.5. The van der Waals surface area contributed by atoms with Gasteiger partial charge in [-0.1, -0.05) is 43.7 Å². The number of carboxylic acid groups (broad SMARTS) is 1. The van der Waals surface area contributed by atoms with Crippen LogP contribution in [0.5, 0.6) is 5.75 Å². The Balaban J connectivity index is 1.42. The maximum Gasteiger partial charge on any atom is 0.335 e. The van der Waals surface area contributed by atoms with Gasteiger partial charge in [-0.2, -0.15) is 0 Å². The lowest BCUT2D eigenvalue weighted by molar-refractivity contribution is -0.121. The topological polar surface area (TPSA) is 105 Å². The van der Waals surface area contributed by atoms with Gasteiger partial charge in [-0.15, -0.1) is 0 Å². The summed E-state index contributed by atoms with van der Waals surface area (Å²) in [6.07, 6.45) is 3.80. The number of anilines is 1. The van der Waals surface area contributed by atoms with Gasteiger partial charge in [-0.3, -0.25) is 9.59 Å². The van der Waals surface area contributed by atoms with Crippen molar-refractivity contribution < 1.29 is 52.4 Å². The van der Waals surface area contributed by atoms with E-state index in [4.69, 9.17) is 9.84 Å². The average molecular weight is 645 g/mol. The van der Waals surface area contributed by atoms with Crippen LogP contribution in [0.4, 0.5) is 33.9 Å². The lowest BCUT2D eigenvalue weighted by atomic mass is 9.87. The van der Waals surface area contributed by atoms with Crippen molar-refractivity contribution in [3.8, 4) is 16.9 Å². The minimum atomic E-state index is -10.3. The summed E-state index contributed by atoms with van der Waals surface area (Å²) in [6.45, 7) is 0. The number of carbonyl (C=O) groups excluding carboxylic acids is 2. The molecule has 3 N–H and O–H groups in total. The van der Waals surface area contributed by atoms with E-state index in [9.17, 15) is 42.6 Å². The normalized spacial score (nSPS) is 22.2. The lowest BCUT2D eigenvalue weighted by Crippen LogP contribution is -2.47. The van der Waals surface area contributed by atoms with Crippen LogP contribution < -0.4 is 15.4 Å². The van der Waals surface area contributed by atoms with Gasteiger partial charge in [-0.05, 0) is 60.2 Å². The molecule has 4 unspecified atom stereocenters. The minimum absolute atomic E-state index is 0.0441. The molecule has 7 nitrogen and oxygen atoms in total. The number of fused-ring (bicyclic) bond motifs is 2. The molecule has 0 aromatic heterocycles. The zero-order valence-corrected chi connectivity index (χ0v) is 23.3. The lowest BCUT2D eigenvalue weighted by Gasteiger charge is -2.40. The van der Waals surface area contributed by atoms with Gasteiger partial charge >= 0.3 is 16.2 Å². The highest BCUT2D eigenvalue weighted by molar-refractivity contribution is 8.45. The van der Waals surface area contributed by atoms with E-state index in [1.54, 1.807) is 12.2 Å². The third kappa shape index (κ3) is 6.09. The van der Waals surface area contributed by atoms with Gasteiger partial charge in [0.1, 0.15) is 22.3 Å². The van der Waals surface area contributed by atoms with E-state index in [-0.39, 0.29) is 46.1 Å². The Morgan fingerprint density at radius 2 is 1.57 bits per heavy atom. The molecule has 2 aliphatic rings. The first kappa shape index (κ1) is 30.9. The molecule has 0 radical (unpaired) electrons. The number of hydrogen-bond donors (Lipinski definition) is 3. The van der Waals surface area contributed by atoms with Gasteiger partial charge in [0.15, 0.2) is 0 Å². The fraction of sp³-hybridized carbons (Fsp3) is 0.207. The summed E-state index contributed by atoms with van der Waals surface area (Å²) in [5, 5.41) is 13.9. The van der Waals surface area contributed by atoms with E-state index in [0.717, 1.165) is 6.07 Å². The number of nitrogens with one attached hydrogen (secondary N) is 2. The van der Waals surface area contributed by atoms with Crippen LogP contribution in [-0.2, 0) is 4.79 Å². The zero-order chi connectivity index (χ0) is 32.3. The van der Waals surface area contributed by atoms with E-state index in [0.29, 0.717) is 12.5 Å². The smallest absolute Gasteiger partial charge is 0.335 e. The Labute approximate surface area is 245 Å². The van der Waals surface area contributed by atoms with Crippen molar-refractivity contribution in [1.82, 2.24) is 5.32 Å². The Morgan fingerprint density at radius 3 is 2.18 bits per heavy atom. The van der Waals surface area contributed by atoms with Crippen LogP contribution in [-0.4, -0.2) is 36.0 Å². The number of aromatic carboxylic acids is 1. The zero-order valence-electron chi connectivity index (χ0n) is 22.5. The summed E-state index contributed by atoms with van der Waals surface area (Å²) in [7, 11) is -9.06. The van der Waals surface area contributed by atoms with Crippen LogP contribution in [0, 0.1) is 29.4 Å². The van der Waals surface area contributed by atoms with E-state index in [1.807, 2.05) is 0 Å². The summed E-state index contributed by atoms with van der Waals surface area (Å²) in [4.78, 5) is 35.4. The van der Waals surface area contributed by atoms with Gasteiger partial charge in [0.25, 0.3) is 5.91 Å². The second kappa shape index (κ2) is 10.0. The number of ether oxygens (including phenoxy) is 1. The van der Waals surface area contributed by atoms with Crippen molar-refractivity contribution in [3.63, 3.8) is 0 Å². The average Bonchev–Trinajstić information content (AvgIpc) is 3.53. The molecule has 0 saturated heterocycles. The van der Waals surface area contributed by atoms with Crippen LogP contribution in [0.15, 0.2) is 71.6 Å². The predicted molar refractivity (Wildman–Crippen MR) is 147 cm³/mol. The van der Waals surface area contributed by atoms with Crippen LogP contribution >= 0.6 is 10.2 Å². The highest BCUT2D eigenvalue weighted by Crippen LogP contribution is 3.02. The SMILES string of the molecule is COc1cc(F)c(-c2ccc(C(=O)O)cc2)cc1C(=O)NC1C2C=CC(C2)C1C(=O)Nc1cc(F)cc(S(F)(F)(F)(F)F)c1. The number of halogens is 7. The van der Waals surface area contributed by atoms with Crippen molar-refractivity contribution >= 4 is 33.7 Å². The molecule has 2 amide bonds. The minimum Gasteiger partial charge on any atom is -0.496 e. The van der Waals surface area contributed by atoms with Gasteiger partial charge in [0.2, 0.25) is 5.91 Å². The molecular formula is C29H23F7N2O5S. The summed E-state index contributed by atoms with van der Waals surface area (Å²) in [5.41, 5.74) is -0.819. The molecule has 0 spiro atoms. The van der Waals surface area contributed by atoms with Crippen LogP contribution in [0.25, 0.3) is 11.1 Å². The Bertz CT molecular complexity index is 1730. The number of methoxy groups -OCH3 is 1. The molecule has 4 atom stereocenters. The monoisotopic (exact) mass is 644 g/mol. The molecule has 0 heterocycles. The van der Waals surface area contributed by atoms with E-state index in [2.05, 4.69) is 10.6 Å². The molecule has 3 aromatic rings. The number of carbonyl (C=O) groups is 3. The number of benzene rings is 3. The van der Waals surface area contributed by atoms with Crippen LogP contribution in [0.2, 0.25) is 0 Å². The van der Waals surface area contributed by atoms with Crippen molar-refractivity contribution in [2.45, 2.75) is 17.4 Å². The summed E-state index contributed by atoms with van der Waals surface area (Å²) in [5.74, 6) is -7.43. The first-order valence-corrected chi connectivity index (χ1v) is 14.9. The van der Waals surface area contributed by atoms with E-state index in [1.165, 1.54) is 37.4 Å². The number of rotatable bonds is 8. The molecule has 5 rings (SSSR count). The number of amides is 2. The molecule has 3 aromatic carbocycles. The molecule has 1 saturated carbocycles. The summed E-state index contributed by atoms with van der Waals surface area (Å²) >= 11 is 0. The standard InChI is InChI=1S/C29H23F7N2O5S/c1-43-24-13-23(31)21(14-2-4-15(5-3-14)29(41)42)12-22(24)27(39)38-26-17-7-6-16(8-17)25(26)28(40)37-19-9-18(30)10-20(11-19)44(32,33,34,35)36/h2-7,9-13,16-17,25-26H,8H2,1H3,(H,37,40)(H,38,39)(H,41,42). The quantitative estimate of drug-likeness (QED) is 0.174. The van der Waals surface area contributed by atoms with Gasteiger partial charge in [0.05, 0.1) is 24.2 Å². The molecular weight excluding hydrogens is 621 g/mol. The highest BCUT2D eigenvalue weighted by Gasteiger charge is 2.65. The second-order valence-corrected chi connectivity index (χ2v) is 12.9. The third-order valence-electron chi connectivity index (χ3n) is 7.62. The first-order chi connectivity index (χ1) is 20.3. The molecule has 44 heavy (non-hydrogen) atoms. The Kier molecular flexibility index (Phi) is 7.03. The van der Waals surface area contributed by atoms with Crippen LogP contribution in [0.3, 0.4) is 0 Å². The Hall–Kier alpha value is -4.53. The van der Waals surface area contributed by atoms with Gasteiger partial charge < -0.3 is 20.5 Å². The van der Waals surface area contributed by atoms with E-state index < -0.39 is 68.1 Å². The van der Waals surface area contributed by atoms with E-state index >= 15 is 0 Å². The maximum absolute atomic E-state index is 15.0. The number of allylic oxidation sites excluding steroid dienone is 1. The number of hydrogen-bond acceptors (Lipinski definition) is 4. The molecule has 2 bridgehead atoms. The van der Waals surface area contributed by atoms with Crippen molar-refractivity contribution in [3.05, 3.63) is 89.5 Å². The largest absolute Gasteiger partial charge is 0.496 e. The summed E-state index contributed by atoms with van der Waals surface area (Å²) in [6, 6.07) is 6.50. The number of carboxylic acids is 1. The molecule has 0 aliphatic heterocycles. The molecule has 15 heteroatoms. The van der Waals surface area contributed by atoms with Crippen molar-refractivity contribution in [2.24, 2.45) is 17.8 Å². The predicted octanol–water partition coefficient (Wildman–Crippen LogP) is 7.56. The Morgan fingerprint density at radius 1 is 0.909 bits per heavy atom. The highest BCUT2D eigenvalue weighted by atomic mass is 32.5. The van der Waals surface area contributed by atoms with Crippen molar-refractivity contribution in [1.29, 1.82) is 0 Å². The van der Waals surface area contributed by atoms with Gasteiger partial charge in [-0.25, -0.2) is 13.6 Å². The molecule has 2 aliphatic carbocycles. The summed E-state index contributed by atoms with van der Waals surface area (Å²) < 4.78 is 101. The fourth-order valence-electron chi connectivity index (χ4n) is 5.60. The third-order valence-corrected chi connectivity index (χ3v) is 8.75. The van der Waals surface area contributed by atoms with Gasteiger partial charge in [0, 0.05) is 23.4 Å². The molecule has 234 valence electrons. The first-order valence-electron chi connectivity index (χ1n) is 12.9. The van der Waals surface area contributed by atoms with Crippen molar-refractivity contribution in [2.75, 3.05) is 12.4 Å². The fourth-order valence-corrected chi connectivity index (χ4v) is 6.29. The maximum atomic E-state index is 15.0.